The van der Waals surface area contributed by atoms with Crippen LogP contribution in [0.3, 0.4) is 0 Å². The lowest BCUT2D eigenvalue weighted by atomic mass is 10.1. The molecule has 1 aliphatic heterocycles. The number of aromatic nitrogens is 3. The number of urea groups is 1. The van der Waals surface area contributed by atoms with Gasteiger partial charge in [0, 0.05) is 46.5 Å². The number of nitrogens with zero attached hydrogens (tertiary/aromatic N) is 6. The van der Waals surface area contributed by atoms with Gasteiger partial charge >= 0.3 is 6.03 Å². The van der Waals surface area contributed by atoms with Crippen molar-refractivity contribution in [3.8, 4) is 0 Å². The zero-order chi connectivity index (χ0) is 22.0. The first-order valence-corrected chi connectivity index (χ1v) is 10.3. The molecule has 1 aromatic carbocycles. The van der Waals surface area contributed by atoms with Crippen LogP contribution in [0.15, 0.2) is 48.7 Å². The highest BCUT2D eigenvalue weighted by atomic mass is 16.2. The van der Waals surface area contributed by atoms with E-state index in [9.17, 15) is 9.59 Å². The Balaban J connectivity index is 1.56. The van der Waals surface area contributed by atoms with Gasteiger partial charge < -0.3 is 15.1 Å². The number of fused-ring (bicyclic) bond motifs is 1. The fourth-order valence-corrected chi connectivity index (χ4v) is 3.76. The van der Waals surface area contributed by atoms with Gasteiger partial charge in [-0.1, -0.05) is 30.3 Å². The van der Waals surface area contributed by atoms with Crippen molar-refractivity contribution in [2.75, 3.05) is 40.8 Å². The van der Waals surface area contributed by atoms with Crippen LogP contribution in [0, 0.1) is 0 Å². The smallest absolute Gasteiger partial charge is 0.319 e. The summed E-state index contributed by atoms with van der Waals surface area (Å²) in [5.74, 6) is 0.554. The molecule has 162 valence electrons. The van der Waals surface area contributed by atoms with Crippen molar-refractivity contribution in [2.45, 2.75) is 12.6 Å². The third-order valence-electron chi connectivity index (χ3n) is 5.59. The van der Waals surface area contributed by atoms with Crippen molar-refractivity contribution < 1.29 is 9.59 Å². The third-order valence-corrected chi connectivity index (χ3v) is 5.59. The van der Waals surface area contributed by atoms with Crippen LogP contribution in [0.5, 0.6) is 0 Å². The number of hydrogen-bond acceptors (Lipinski definition) is 5. The normalized spacial score (nSPS) is 17.0. The third kappa shape index (κ3) is 4.36. The van der Waals surface area contributed by atoms with Gasteiger partial charge in [0.25, 0.3) is 5.91 Å². The molecular weight excluding hydrogens is 394 g/mol. The van der Waals surface area contributed by atoms with E-state index in [2.05, 4.69) is 20.4 Å². The lowest BCUT2D eigenvalue weighted by molar-refractivity contribution is 0.0933. The van der Waals surface area contributed by atoms with Crippen molar-refractivity contribution in [3.05, 3.63) is 65.6 Å². The molecule has 9 nitrogen and oxygen atoms in total. The molecule has 1 atom stereocenters. The molecule has 3 heterocycles. The predicted molar refractivity (Wildman–Crippen MR) is 117 cm³/mol. The van der Waals surface area contributed by atoms with Crippen LogP contribution in [0.25, 0.3) is 5.65 Å². The van der Waals surface area contributed by atoms with Crippen LogP contribution in [0.2, 0.25) is 0 Å². The molecule has 3 aromatic rings. The number of nitrogens with one attached hydrogen (secondary N) is 1. The molecule has 3 amide bonds. The second-order valence-corrected chi connectivity index (χ2v) is 7.99. The Morgan fingerprint density at radius 2 is 1.87 bits per heavy atom. The lowest BCUT2D eigenvalue weighted by Gasteiger charge is -2.39. The highest BCUT2D eigenvalue weighted by Gasteiger charge is 2.32. The molecule has 1 aliphatic rings. The van der Waals surface area contributed by atoms with Crippen molar-refractivity contribution >= 4 is 17.6 Å². The fraction of sp³-hybridized carbons (Fsp3) is 0.364. The first-order valence-electron chi connectivity index (χ1n) is 10.3. The Morgan fingerprint density at radius 1 is 1.10 bits per heavy atom. The van der Waals surface area contributed by atoms with E-state index in [-0.39, 0.29) is 18.0 Å². The summed E-state index contributed by atoms with van der Waals surface area (Å²) in [4.78, 5) is 30.7. The van der Waals surface area contributed by atoms with Crippen LogP contribution >= 0.6 is 0 Å². The number of rotatable bonds is 4. The zero-order valence-corrected chi connectivity index (χ0v) is 18.0. The number of piperazine rings is 1. The maximum absolute atomic E-state index is 12.7. The number of pyridine rings is 1. The van der Waals surface area contributed by atoms with Gasteiger partial charge in [-0.05, 0) is 24.7 Å². The van der Waals surface area contributed by atoms with Gasteiger partial charge in [-0.15, -0.1) is 10.2 Å². The molecule has 0 bridgehead atoms. The van der Waals surface area contributed by atoms with E-state index in [1.165, 1.54) is 0 Å². The van der Waals surface area contributed by atoms with E-state index in [1.54, 1.807) is 37.3 Å². The highest BCUT2D eigenvalue weighted by Crippen LogP contribution is 2.24. The number of likely N-dealkylation sites (N-methyl/N-ethyl adjacent to an activating group) is 1. The topological polar surface area (TPSA) is 86.1 Å². The largest absolute Gasteiger partial charge is 0.348 e. The quantitative estimate of drug-likeness (QED) is 0.692. The zero-order valence-electron chi connectivity index (χ0n) is 18.0. The van der Waals surface area contributed by atoms with Crippen LogP contribution in [0.4, 0.5) is 4.79 Å². The van der Waals surface area contributed by atoms with Crippen LogP contribution in [-0.4, -0.2) is 82.0 Å². The van der Waals surface area contributed by atoms with E-state index in [0.717, 1.165) is 12.1 Å². The predicted octanol–water partition coefficient (Wildman–Crippen LogP) is 1.63. The number of hydrogen-bond donors (Lipinski definition) is 1. The van der Waals surface area contributed by atoms with Crippen molar-refractivity contribution in [2.24, 2.45) is 0 Å². The summed E-state index contributed by atoms with van der Waals surface area (Å²) in [5.41, 5.74) is 2.24. The molecule has 1 fully saturated rings. The maximum atomic E-state index is 12.7. The lowest BCUT2D eigenvalue weighted by Crippen LogP contribution is -2.52. The molecular formula is C22H27N7O2. The summed E-state index contributed by atoms with van der Waals surface area (Å²) in [7, 11) is 5.52. The maximum Gasteiger partial charge on any atom is 0.319 e. The molecule has 1 N–H and O–H groups in total. The van der Waals surface area contributed by atoms with Crippen LogP contribution < -0.4 is 5.32 Å². The molecule has 0 radical (unpaired) electrons. The molecule has 0 saturated carbocycles. The number of benzene rings is 1. The molecule has 0 unspecified atom stereocenters. The van der Waals surface area contributed by atoms with Gasteiger partial charge in [-0.25, -0.2) is 4.79 Å². The Kier molecular flexibility index (Phi) is 5.85. The summed E-state index contributed by atoms with van der Waals surface area (Å²) in [6.07, 6.45) is 1.77. The van der Waals surface area contributed by atoms with E-state index in [4.69, 9.17) is 0 Å². The van der Waals surface area contributed by atoms with Crippen LogP contribution in [0.1, 0.15) is 27.8 Å². The van der Waals surface area contributed by atoms with Gasteiger partial charge in [0.1, 0.15) is 0 Å². The van der Waals surface area contributed by atoms with Gasteiger partial charge in [0.05, 0.1) is 11.6 Å². The van der Waals surface area contributed by atoms with E-state index in [0.29, 0.717) is 36.7 Å². The van der Waals surface area contributed by atoms with E-state index in [1.807, 2.05) is 46.7 Å². The average molecular weight is 422 g/mol. The van der Waals surface area contributed by atoms with Crippen molar-refractivity contribution in [3.63, 3.8) is 0 Å². The van der Waals surface area contributed by atoms with Crippen molar-refractivity contribution in [1.82, 2.24) is 34.6 Å². The SMILES string of the molecule is CN(C)C(=O)N1CCN(C)[C@@H](c2nnc3ccc(C(=O)NCc4ccccc4)cn23)C1. The van der Waals surface area contributed by atoms with Crippen molar-refractivity contribution in [1.29, 1.82) is 0 Å². The van der Waals surface area contributed by atoms with E-state index < -0.39 is 0 Å². The summed E-state index contributed by atoms with van der Waals surface area (Å²) in [6, 6.07) is 13.2. The van der Waals surface area contributed by atoms with Gasteiger partial charge in [-0.3, -0.25) is 14.1 Å². The fourth-order valence-electron chi connectivity index (χ4n) is 3.76. The Labute approximate surface area is 181 Å². The molecule has 4 rings (SSSR count). The Morgan fingerprint density at radius 3 is 2.61 bits per heavy atom. The first kappa shape index (κ1) is 20.8. The molecule has 2 aromatic heterocycles. The minimum atomic E-state index is -0.160. The van der Waals surface area contributed by atoms with E-state index >= 15 is 0 Å². The summed E-state index contributed by atoms with van der Waals surface area (Å²) in [6.45, 7) is 2.36. The number of carbonyl (C=O) groups excluding carboxylic acids is 2. The summed E-state index contributed by atoms with van der Waals surface area (Å²) >= 11 is 0. The van der Waals surface area contributed by atoms with Gasteiger partial charge in [0.2, 0.25) is 0 Å². The number of carbonyl (C=O) groups is 2. The first-order chi connectivity index (χ1) is 14.9. The highest BCUT2D eigenvalue weighted by molar-refractivity contribution is 5.94. The molecule has 0 spiro atoms. The summed E-state index contributed by atoms with van der Waals surface area (Å²) in [5, 5.41) is 11.6. The van der Waals surface area contributed by atoms with Gasteiger partial charge in [-0.2, -0.15) is 0 Å². The standard InChI is InChI=1S/C22H27N7O2/c1-26(2)22(31)28-12-11-27(3)18(15-28)20-25-24-19-10-9-17(14-29(19)20)21(30)23-13-16-7-5-4-6-8-16/h4-10,14,18H,11-13,15H2,1-3H3,(H,23,30)/t18-/m1/s1. The Hall–Kier alpha value is -3.46. The second-order valence-electron chi connectivity index (χ2n) is 7.99. The monoisotopic (exact) mass is 421 g/mol. The summed E-state index contributed by atoms with van der Waals surface area (Å²) < 4.78 is 1.85. The molecule has 31 heavy (non-hydrogen) atoms. The minimum Gasteiger partial charge on any atom is -0.348 e. The van der Waals surface area contributed by atoms with Crippen LogP contribution in [-0.2, 0) is 6.54 Å². The Bertz CT molecular complexity index is 1080. The molecule has 0 aliphatic carbocycles. The second kappa shape index (κ2) is 8.73. The minimum absolute atomic E-state index is 0.0205. The van der Waals surface area contributed by atoms with Gasteiger partial charge in [0.15, 0.2) is 11.5 Å². The molecule has 1 saturated heterocycles. The number of amides is 3. The molecule has 9 heteroatoms. The average Bonchev–Trinajstić information content (AvgIpc) is 3.21.